The summed E-state index contributed by atoms with van der Waals surface area (Å²) in [4.78, 5) is 14.6. The maximum Gasteiger partial charge on any atom is 0.223 e. The second-order valence-electron chi connectivity index (χ2n) is 7.09. The second-order valence-corrected chi connectivity index (χ2v) is 7.50. The van der Waals surface area contributed by atoms with Crippen molar-refractivity contribution in [1.29, 1.82) is 0 Å². The van der Waals surface area contributed by atoms with Gasteiger partial charge in [-0.2, -0.15) is 0 Å². The van der Waals surface area contributed by atoms with Gasteiger partial charge < -0.3 is 11.1 Å². The molecule has 2 fully saturated rings. The quantitative estimate of drug-likeness (QED) is 0.774. The van der Waals surface area contributed by atoms with E-state index < -0.39 is 0 Å². The van der Waals surface area contributed by atoms with Crippen molar-refractivity contribution in [2.45, 2.75) is 50.7 Å². The van der Waals surface area contributed by atoms with Crippen LogP contribution in [0.15, 0.2) is 18.2 Å². The van der Waals surface area contributed by atoms with Crippen molar-refractivity contribution in [2.75, 3.05) is 13.1 Å². The topological polar surface area (TPSA) is 58.4 Å². The Hall–Kier alpha value is -0.590. The molecule has 3 rings (SSSR count). The van der Waals surface area contributed by atoms with Crippen LogP contribution in [0.4, 0.5) is 4.39 Å². The van der Waals surface area contributed by atoms with Gasteiger partial charge in [-0.15, -0.1) is 24.8 Å². The van der Waals surface area contributed by atoms with E-state index in [2.05, 4.69) is 10.2 Å². The van der Waals surface area contributed by atoms with Crippen molar-refractivity contribution in [1.82, 2.24) is 10.2 Å². The van der Waals surface area contributed by atoms with Crippen LogP contribution in [0.2, 0.25) is 5.02 Å². The molecule has 1 aromatic rings. The number of hydrogen-bond acceptors (Lipinski definition) is 3. The van der Waals surface area contributed by atoms with Crippen molar-refractivity contribution in [3.8, 4) is 0 Å². The highest BCUT2D eigenvalue weighted by atomic mass is 35.5. The van der Waals surface area contributed by atoms with Crippen molar-refractivity contribution in [2.24, 2.45) is 11.7 Å². The Balaban J connectivity index is 0.00000169. The van der Waals surface area contributed by atoms with E-state index in [9.17, 15) is 9.18 Å². The zero-order chi connectivity index (χ0) is 17.1. The standard InChI is InChI=1S/C18H25ClFN3O.2ClH/c19-17-9-14(20)5-3-13(17)10-23-7-1-2-16(11-23)22-18(24)12-4-6-15(21)8-12;;/h3,5,9,12,15-16H,1-2,4,6-8,10-11,21H2,(H,22,24);2*1H. The van der Waals surface area contributed by atoms with Crippen LogP contribution in [-0.2, 0) is 11.3 Å². The Morgan fingerprint density at radius 1 is 1.31 bits per heavy atom. The molecule has 148 valence electrons. The SMILES string of the molecule is Cl.Cl.NC1CCC(C(=O)NC2CCCN(Cc3ccc(F)cc3Cl)C2)C1. The van der Waals surface area contributed by atoms with Crippen LogP contribution < -0.4 is 11.1 Å². The molecule has 1 aromatic carbocycles. The summed E-state index contributed by atoms with van der Waals surface area (Å²) in [6.07, 6.45) is 4.67. The molecule has 3 N–H and O–H groups in total. The summed E-state index contributed by atoms with van der Waals surface area (Å²) >= 11 is 6.12. The first-order chi connectivity index (χ1) is 11.5. The average Bonchev–Trinajstić information content (AvgIpc) is 2.97. The molecule has 1 heterocycles. The largest absolute Gasteiger partial charge is 0.352 e. The van der Waals surface area contributed by atoms with Gasteiger partial charge in [0.25, 0.3) is 0 Å². The van der Waals surface area contributed by atoms with Crippen molar-refractivity contribution >= 4 is 42.3 Å². The van der Waals surface area contributed by atoms with Crippen molar-refractivity contribution in [3.63, 3.8) is 0 Å². The Morgan fingerprint density at radius 2 is 2.08 bits per heavy atom. The van der Waals surface area contributed by atoms with Crippen molar-refractivity contribution < 1.29 is 9.18 Å². The lowest BCUT2D eigenvalue weighted by Crippen LogP contribution is -2.48. The van der Waals surface area contributed by atoms with E-state index in [0.717, 1.165) is 50.8 Å². The van der Waals surface area contributed by atoms with E-state index in [0.29, 0.717) is 11.6 Å². The van der Waals surface area contributed by atoms with E-state index in [4.69, 9.17) is 17.3 Å². The maximum atomic E-state index is 13.2. The highest BCUT2D eigenvalue weighted by Gasteiger charge is 2.30. The monoisotopic (exact) mass is 425 g/mol. The minimum absolute atomic E-state index is 0. The summed E-state index contributed by atoms with van der Waals surface area (Å²) in [6.45, 7) is 2.45. The molecule has 4 nitrogen and oxygen atoms in total. The predicted octanol–water partition coefficient (Wildman–Crippen LogP) is 3.53. The number of benzene rings is 1. The van der Waals surface area contributed by atoms with Gasteiger partial charge in [0, 0.05) is 36.1 Å². The summed E-state index contributed by atoms with van der Waals surface area (Å²) in [5.41, 5.74) is 6.82. The molecule has 2 aliphatic rings. The molecule has 1 amide bonds. The van der Waals surface area contributed by atoms with Crippen LogP contribution in [-0.4, -0.2) is 36.0 Å². The fourth-order valence-corrected chi connectivity index (χ4v) is 4.01. The molecule has 1 saturated carbocycles. The number of nitrogens with two attached hydrogens (primary N) is 1. The minimum Gasteiger partial charge on any atom is -0.352 e. The lowest BCUT2D eigenvalue weighted by atomic mass is 10.0. The van der Waals surface area contributed by atoms with E-state index in [1.54, 1.807) is 6.07 Å². The average molecular weight is 427 g/mol. The Labute approximate surface area is 171 Å². The number of halogens is 4. The molecular weight excluding hydrogens is 400 g/mol. The third kappa shape index (κ3) is 6.24. The number of likely N-dealkylation sites (tertiary alicyclic amines) is 1. The molecule has 26 heavy (non-hydrogen) atoms. The fourth-order valence-electron chi connectivity index (χ4n) is 3.78. The van der Waals surface area contributed by atoms with Crippen LogP contribution >= 0.6 is 36.4 Å². The number of carbonyl (C=O) groups is 1. The lowest BCUT2D eigenvalue weighted by Gasteiger charge is -2.33. The number of nitrogens with one attached hydrogen (secondary N) is 1. The van der Waals surface area contributed by atoms with Crippen LogP contribution in [0.1, 0.15) is 37.7 Å². The van der Waals surface area contributed by atoms with Gasteiger partial charge in [0.2, 0.25) is 5.91 Å². The van der Waals surface area contributed by atoms with Crippen LogP contribution in [0, 0.1) is 11.7 Å². The maximum absolute atomic E-state index is 13.2. The molecule has 8 heteroatoms. The van der Waals surface area contributed by atoms with Gasteiger partial charge in [-0.1, -0.05) is 17.7 Å². The van der Waals surface area contributed by atoms with Gasteiger partial charge in [-0.3, -0.25) is 9.69 Å². The van der Waals surface area contributed by atoms with Gasteiger partial charge in [0.1, 0.15) is 5.82 Å². The zero-order valence-corrected chi connectivity index (χ0v) is 17.0. The zero-order valence-electron chi connectivity index (χ0n) is 14.6. The minimum atomic E-state index is -0.317. The Morgan fingerprint density at radius 3 is 2.73 bits per heavy atom. The molecule has 1 aliphatic carbocycles. The molecule has 1 saturated heterocycles. The summed E-state index contributed by atoms with van der Waals surface area (Å²) in [5.74, 6) is -0.0983. The van der Waals surface area contributed by atoms with Gasteiger partial charge in [-0.25, -0.2) is 4.39 Å². The second kappa shape index (κ2) is 10.7. The molecule has 0 bridgehead atoms. The summed E-state index contributed by atoms with van der Waals surface area (Å²) < 4.78 is 13.2. The van der Waals surface area contributed by atoms with Crippen molar-refractivity contribution in [3.05, 3.63) is 34.6 Å². The number of hydrogen-bond donors (Lipinski definition) is 2. The third-order valence-corrected chi connectivity index (χ3v) is 5.46. The number of amides is 1. The smallest absolute Gasteiger partial charge is 0.223 e. The normalized spacial score (nSPS) is 25.9. The molecule has 1 aliphatic heterocycles. The molecule has 3 atom stereocenters. The van der Waals surface area contributed by atoms with Gasteiger partial charge in [0.15, 0.2) is 0 Å². The first-order valence-electron chi connectivity index (χ1n) is 8.73. The van der Waals surface area contributed by atoms with Gasteiger partial charge in [0.05, 0.1) is 0 Å². The van der Waals surface area contributed by atoms with Gasteiger partial charge >= 0.3 is 0 Å². The molecule has 3 unspecified atom stereocenters. The summed E-state index contributed by atoms with van der Waals surface area (Å²) in [7, 11) is 0. The van der Waals surface area contributed by atoms with Crippen LogP contribution in [0.25, 0.3) is 0 Å². The first-order valence-corrected chi connectivity index (χ1v) is 9.11. The lowest BCUT2D eigenvalue weighted by molar-refractivity contribution is -0.125. The Bertz CT molecular complexity index is 605. The van der Waals surface area contributed by atoms with Crippen LogP contribution in [0.3, 0.4) is 0 Å². The van der Waals surface area contributed by atoms with E-state index in [-0.39, 0.29) is 54.5 Å². The number of piperidine rings is 1. The summed E-state index contributed by atoms with van der Waals surface area (Å²) in [5, 5.41) is 3.65. The predicted molar refractivity (Wildman–Crippen MR) is 108 cm³/mol. The highest BCUT2D eigenvalue weighted by Crippen LogP contribution is 2.25. The molecule has 0 radical (unpaired) electrons. The number of nitrogens with zero attached hydrogens (tertiary/aromatic N) is 1. The van der Waals surface area contributed by atoms with Gasteiger partial charge in [-0.05, 0) is 56.3 Å². The highest BCUT2D eigenvalue weighted by molar-refractivity contribution is 6.31. The van der Waals surface area contributed by atoms with E-state index >= 15 is 0 Å². The van der Waals surface area contributed by atoms with E-state index in [1.165, 1.54) is 12.1 Å². The Kier molecular flexibility index (Phi) is 9.62. The molecule has 0 aromatic heterocycles. The number of carbonyl (C=O) groups excluding carboxylic acids is 1. The van der Waals surface area contributed by atoms with E-state index in [1.807, 2.05) is 0 Å². The third-order valence-electron chi connectivity index (χ3n) is 5.10. The fraction of sp³-hybridized carbons (Fsp3) is 0.611. The summed E-state index contributed by atoms with van der Waals surface area (Å²) in [6, 6.07) is 4.86. The number of rotatable bonds is 4. The molecule has 0 spiro atoms. The first kappa shape index (κ1) is 23.4. The van der Waals surface area contributed by atoms with Crippen LogP contribution in [0.5, 0.6) is 0 Å². The molecular formula is C18H27Cl3FN3O.